The molecule has 0 heterocycles. The van der Waals surface area contributed by atoms with Crippen molar-refractivity contribution in [2.75, 3.05) is 39.6 Å². The first-order valence-corrected chi connectivity index (χ1v) is 44.1. The van der Waals surface area contributed by atoms with Gasteiger partial charge in [-0.15, -0.1) is 0 Å². The fraction of sp³-hybridized carbons (Fsp3) is 0.741. The molecule has 0 spiro atoms. The number of allylic oxidation sites excluding steroid dienone is 18. The van der Waals surface area contributed by atoms with Crippen LogP contribution in [0.5, 0.6) is 0 Å². The molecule has 5 atom stereocenters. The van der Waals surface area contributed by atoms with E-state index in [1.807, 2.05) is 24.3 Å². The van der Waals surface area contributed by atoms with Crippen molar-refractivity contribution in [1.82, 2.24) is 0 Å². The maximum atomic E-state index is 13.1. The van der Waals surface area contributed by atoms with Gasteiger partial charge in [-0.3, -0.25) is 37.3 Å². The zero-order valence-electron chi connectivity index (χ0n) is 65.7. The van der Waals surface area contributed by atoms with Crippen LogP contribution < -0.4 is 0 Å². The van der Waals surface area contributed by atoms with Gasteiger partial charge in [0.1, 0.15) is 19.3 Å². The molecular weight excluding hydrogens is 1350 g/mol. The van der Waals surface area contributed by atoms with Crippen LogP contribution in [0, 0.1) is 0 Å². The van der Waals surface area contributed by atoms with Crippen molar-refractivity contribution in [3.05, 3.63) is 109 Å². The third-order valence-corrected chi connectivity index (χ3v) is 19.1. The SMILES string of the molecule is CCCCC/C=C\C/C=C\C/C=C\C/C=C\CCCC(=O)OC[C@H](COP(=O)(O)OC[C@@H](O)COP(=O)(O)OC[C@@H](COC(=O)CCCCCCCCCCCCCCCCC)OC(=O)CCC/C=C\C/C=C\C/C=C\C/C=C\CCCCC)OC(=O)CCCCCCC/C=C\CCCCCCCC. The van der Waals surface area contributed by atoms with Crippen molar-refractivity contribution in [2.24, 2.45) is 0 Å². The predicted molar refractivity (Wildman–Crippen MR) is 427 cm³/mol. The van der Waals surface area contributed by atoms with Gasteiger partial charge in [0.15, 0.2) is 12.2 Å². The molecule has 0 rings (SSSR count). The summed E-state index contributed by atoms with van der Waals surface area (Å²) in [6.07, 6.45) is 83.6. The summed E-state index contributed by atoms with van der Waals surface area (Å²) in [5.41, 5.74) is 0. The molecule has 3 N–H and O–H groups in total. The molecule has 600 valence electrons. The number of ether oxygens (including phenoxy) is 4. The Hall–Kier alpha value is -4.28. The minimum atomic E-state index is -5.00. The van der Waals surface area contributed by atoms with E-state index in [9.17, 15) is 43.2 Å². The number of esters is 4. The number of rotatable bonds is 77. The Morgan fingerprint density at radius 2 is 0.481 bits per heavy atom. The fourth-order valence-corrected chi connectivity index (χ4v) is 12.5. The van der Waals surface area contributed by atoms with Crippen molar-refractivity contribution in [1.29, 1.82) is 0 Å². The number of unbranched alkanes of at least 4 members (excludes halogenated alkanes) is 33. The summed E-state index contributed by atoms with van der Waals surface area (Å²) in [6.45, 7) is 4.73. The lowest BCUT2D eigenvalue weighted by Crippen LogP contribution is -2.30. The van der Waals surface area contributed by atoms with E-state index in [4.69, 9.17) is 37.0 Å². The number of phosphoric ester groups is 2. The number of carbonyl (C=O) groups excluding carboxylic acids is 4. The molecule has 0 fully saturated rings. The van der Waals surface area contributed by atoms with Gasteiger partial charge in [0.25, 0.3) is 0 Å². The van der Waals surface area contributed by atoms with Crippen molar-refractivity contribution < 1.29 is 80.2 Å². The Balaban J connectivity index is 5.45. The Morgan fingerprint density at radius 3 is 0.798 bits per heavy atom. The maximum absolute atomic E-state index is 13.1. The number of hydrogen-bond acceptors (Lipinski definition) is 15. The second kappa shape index (κ2) is 76.9. The largest absolute Gasteiger partial charge is 0.472 e. The lowest BCUT2D eigenvalue weighted by molar-refractivity contribution is -0.161. The Bertz CT molecular complexity index is 2390. The Morgan fingerprint density at radius 1 is 0.269 bits per heavy atom. The molecule has 0 amide bonds. The highest BCUT2D eigenvalue weighted by Gasteiger charge is 2.30. The number of hydrogen-bond donors (Lipinski definition) is 3. The summed E-state index contributed by atoms with van der Waals surface area (Å²) < 4.78 is 68.6. The van der Waals surface area contributed by atoms with Gasteiger partial charge in [-0.25, -0.2) is 9.13 Å². The molecule has 0 saturated carbocycles. The molecule has 0 aliphatic rings. The van der Waals surface area contributed by atoms with E-state index < -0.39 is 97.5 Å². The smallest absolute Gasteiger partial charge is 0.462 e. The van der Waals surface area contributed by atoms with Gasteiger partial charge in [-0.1, -0.05) is 304 Å². The Labute approximate surface area is 632 Å². The second-order valence-electron chi connectivity index (χ2n) is 27.4. The van der Waals surface area contributed by atoms with Crippen molar-refractivity contribution >= 4 is 39.5 Å². The minimum Gasteiger partial charge on any atom is -0.462 e. The monoisotopic (exact) mass is 1500 g/mol. The van der Waals surface area contributed by atoms with E-state index in [-0.39, 0.29) is 25.7 Å². The van der Waals surface area contributed by atoms with E-state index in [1.54, 1.807) is 0 Å². The van der Waals surface area contributed by atoms with E-state index in [0.29, 0.717) is 38.5 Å². The molecular formula is C85H148O17P2. The highest BCUT2D eigenvalue weighted by Crippen LogP contribution is 2.45. The molecule has 0 aromatic carbocycles. The summed E-state index contributed by atoms with van der Waals surface area (Å²) in [6, 6.07) is 0. The molecule has 0 saturated heterocycles. The maximum Gasteiger partial charge on any atom is 0.472 e. The lowest BCUT2D eigenvalue weighted by Gasteiger charge is -2.21. The van der Waals surface area contributed by atoms with Crippen LogP contribution in [-0.2, 0) is 65.4 Å². The average Bonchev–Trinajstić information content (AvgIpc) is 0.909. The number of carbonyl (C=O) groups is 4. The molecule has 2 unspecified atom stereocenters. The first-order chi connectivity index (χ1) is 50.7. The highest BCUT2D eigenvalue weighted by atomic mass is 31.2. The summed E-state index contributed by atoms with van der Waals surface area (Å²) in [7, 11) is -9.99. The second-order valence-corrected chi connectivity index (χ2v) is 30.3. The van der Waals surface area contributed by atoms with Crippen LogP contribution in [0.15, 0.2) is 109 Å². The van der Waals surface area contributed by atoms with E-state index >= 15 is 0 Å². The van der Waals surface area contributed by atoms with Crippen LogP contribution in [0.25, 0.3) is 0 Å². The van der Waals surface area contributed by atoms with Gasteiger partial charge in [-0.05, 0) is 128 Å². The number of aliphatic hydroxyl groups excluding tert-OH is 1. The normalized spacial score (nSPS) is 14.4. The average molecular weight is 1500 g/mol. The molecule has 0 aliphatic heterocycles. The molecule has 0 bridgehead atoms. The van der Waals surface area contributed by atoms with Crippen LogP contribution in [0.3, 0.4) is 0 Å². The fourth-order valence-electron chi connectivity index (χ4n) is 10.9. The summed E-state index contributed by atoms with van der Waals surface area (Å²) >= 11 is 0. The van der Waals surface area contributed by atoms with Crippen LogP contribution in [0.4, 0.5) is 0 Å². The van der Waals surface area contributed by atoms with E-state index in [2.05, 4.69) is 113 Å². The van der Waals surface area contributed by atoms with Crippen LogP contribution >= 0.6 is 15.6 Å². The van der Waals surface area contributed by atoms with Gasteiger partial charge < -0.3 is 33.8 Å². The van der Waals surface area contributed by atoms with Gasteiger partial charge >= 0.3 is 39.5 Å². The summed E-state index contributed by atoms with van der Waals surface area (Å²) in [5.74, 6) is -2.30. The highest BCUT2D eigenvalue weighted by molar-refractivity contribution is 7.47. The molecule has 0 aromatic rings. The zero-order chi connectivity index (χ0) is 76.0. The van der Waals surface area contributed by atoms with Crippen molar-refractivity contribution in [3.8, 4) is 0 Å². The summed E-state index contributed by atoms with van der Waals surface area (Å²) in [5, 5.41) is 10.6. The molecule has 104 heavy (non-hydrogen) atoms. The Kier molecular flexibility index (Phi) is 73.7. The quantitative estimate of drug-likeness (QED) is 0.0169. The number of phosphoric acid groups is 2. The molecule has 17 nitrogen and oxygen atoms in total. The topological polar surface area (TPSA) is 237 Å². The van der Waals surface area contributed by atoms with Crippen LogP contribution in [0.1, 0.15) is 349 Å². The molecule has 0 radical (unpaired) electrons. The van der Waals surface area contributed by atoms with Crippen LogP contribution in [-0.4, -0.2) is 96.7 Å². The standard InChI is InChI=1S/C85H148O17P2/c1-5-9-13-17-21-25-29-33-37-39-43-46-50-54-58-62-66-70-83(88)96-76-80(101-84(89)71-67-63-59-55-51-47-42-36-32-28-24-20-16-12-8-4)77-99-103(91,92)97-73-79(86)74-98-104(93,94)100-78-81(75-95-82(87)69-65-61-57-53-49-45-41-35-31-27-23-19-15-11-7-3)102-85(90)72-68-64-60-56-52-48-44-40-38-34-30-26-22-18-14-10-6-2/h21-22,25-26,33-34,36-38,42-44,46,48,54,56,58,60,79-81,86H,5-20,23-24,27-32,35,39-41,45,47,49-53,55,57,59,61-78H2,1-4H3,(H,91,92)(H,93,94)/b25-21-,26-22-,37-33-,38-34-,42-36-,46-43-,48-44-,58-54-,60-56-/t79-,80-,81-/m1/s1. The lowest BCUT2D eigenvalue weighted by atomic mass is 10.0. The summed E-state index contributed by atoms with van der Waals surface area (Å²) in [4.78, 5) is 73.0. The minimum absolute atomic E-state index is 0.0190. The predicted octanol–water partition coefficient (Wildman–Crippen LogP) is 24.1. The van der Waals surface area contributed by atoms with Gasteiger partial charge in [0, 0.05) is 25.7 Å². The van der Waals surface area contributed by atoms with E-state index in [0.717, 1.165) is 109 Å². The van der Waals surface area contributed by atoms with E-state index in [1.165, 1.54) is 148 Å². The first kappa shape index (κ1) is 99.7. The van der Waals surface area contributed by atoms with Crippen molar-refractivity contribution in [3.63, 3.8) is 0 Å². The third-order valence-electron chi connectivity index (χ3n) is 17.2. The molecule has 19 heteroatoms. The van der Waals surface area contributed by atoms with Gasteiger partial charge in [0.05, 0.1) is 26.4 Å². The van der Waals surface area contributed by atoms with Gasteiger partial charge in [-0.2, -0.15) is 0 Å². The van der Waals surface area contributed by atoms with Crippen LogP contribution in [0.2, 0.25) is 0 Å². The molecule has 0 aromatic heterocycles. The van der Waals surface area contributed by atoms with Crippen molar-refractivity contribution in [2.45, 2.75) is 367 Å². The third kappa shape index (κ3) is 75.9. The first-order valence-electron chi connectivity index (χ1n) is 41.1. The zero-order valence-corrected chi connectivity index (χ0v) is 67.5. The molecule has 0 aliphatic carbocycles. The number of aliphatic hydroxyl groups is 1. The van der Waals surface area contributed by atoms with Gasteiger partial charge in [0.2, 0.25) is 0 Å².